The van der Waals surface area contributed by atoms with Gasteiger partial charge in [0.15, 0.2) is 0 Å². The van der Waals surface area contributed by atoms with Crippen LogP contribution in [0, 0.1) is 6.92 Å². The molecule has 0 heterocycles. The molecule has 0 N–H and O–H groups in total. The lowest BCUT2D eigenvalue weighted by Crippen LogP contribution is -1.91. The molecule has 15 heavy (non-hydrogen) atoms. The van der Waals surface area contributed by atoms with Gasteiger partial charge in [-0.1, -0.05) is 51.3 Å². The van der Waals surface area contributed by atoms with Crippen LogP contribution in [-0.4, -0.2) is 0 Å². The zero-order valence-electron chi connectivity index (χ0n) is 10.5. The molecule has 0 nitrogen and oxygen atoms in total. The van der Waals surface area contributed by atoms with E-state index in [-0.39, 0.29) is 0 Å². The maximum absolute atomic E-state index is 2.39. The van der Waals surface area contributed by atoms with E-state index in [1.54, 1.807) is 0 Å². The highest BCUT2D eigenvalue weighted by Crippen LogP contribution is 2.14. The van der Waals surface area contributed by atoms with Crippen LogP contribution < -0.4 is 0 Å². The van der Waals surface area contributed by atoms with Crippen LogP contribution in [0.3, 0.4) is 0 Å². The number of rotatable bonds is 6. The van der Waals surface area contributed by atoms with Gasteiger partial charge in [-0.25, -0.2) is 0 Å². The number of unbranched alkanes of at least 4 members (excludes halogenated alkanes) is 3. The van der Waals surface area contributed by atoms with Crippen molar-refractivity contribution in [3.05, 3.63) is 34.9 Å². The molecule has 0 atom stereocenters. The van der Waals surface area contributed by atoms with Gasteiger partial charge in [0.2, 0.25) is 0 Å². The van der Waals surface area contributed by atoms with Gasteiger partial charge in [-0.3, -0.25) is 0 Å². The lowest BCUT2D eigenvalue weighted by atomic mass is 9.99. The summed E-state index contributed by atoms with van der Waals surface area (Å²) in [6.45, 7) is 6.71. The van der Waals surface area contributed by atoms with Crippen molar-refractivity contribution in [2.24, 2.45) is 0 Å². The van der Waals surface area contributed by atoms with E-state index in [0.29, 0.717) is 0 Å². The fraction of sp³-hybridized carbons (Fsp3) is 0.600. The van der Waals surface area contributed by atoms with Crippen LogP contribution in [-0.2, 0) is 12.8 Å². The third kappa shape index (κ3) is 4.07. The van der Waals surface area contributed by atoms with E-state index >= 15 is 0 Å². The highest BCUT2D eigenvalue weighted by atomic mass is 14.0. The first kappa shape index (κ1) is 12.3. The molecule has 0 heteroatoms. The first-order valence-electron chi connectivity index (χ1n) is 6.36. The molecular formula is C15H24. The second-order valence-electron chi connectivity index (χ2n) is 4.43. The average molecular weight is 204 g/mol. The monoisotopic (exact) mass is 204 g/mol. The summed E-state index contributed by atoms with van der Waals surface area (Å²) in [4.78, 5) is 0. The smallest absolute Gasteiger partial charge is 0.0279 e. The second kappa shape index (κ2) is 6.66. The molecular weight excluding hydrogens is 180 g/mol. The molecule has 1 rings (SSSR count). The summed E-state index contributed by atoms with van der Waals surface area (Å²) in [5, 5.41) is 0. The predicted octanol–water partition coefficient (Wildman–Crippen LogP) is 4.68. The molecule has 0 saturated heterocycles. The summed E-state index contributed by atoms with van der Waals surface area (Å²) in [7, 11) is 0. The first-order valence-corrected chi connectivity index (χ1v) is 6.36. The van der Waals surface area contributed by atoms with Crippen molar-refractivity contribution in [3.63, 3.8) is 0 Å². The Morgan fingerprint density at radius 3 is 2.47 bits per heavy atom. The van der Waals surface area contributed by atoms with Gasteiger partial charge in [0.25, 0.3) is 0 Å². The molecule has 0 spiro atoms. The first-order chi connectivity index (χ1) is 7.27. The topological polar surface area (TPSA) is 0 Å². The van der Waals surface area contributed by atoms with E-state index in [4.69, 9.17) is 0 Å². The normalized spacial score (nSPS) is 10.6. The molecule has 1 aromatic carbocycles. The number of benzene rings is 1. The number of hydrogen-bond donors (Lipinski definition) is 0. The van der Waals surface area contributed by atoms with Crippen molar-refractivity contribution < 1.29 is 0 Å². The van der Waals surface area contributed by atoms with Crippen LogP contribution in [0.2, 0.25) is 0 Å². The van der Waals surface area contributed by atoms with Gasteiger partial charge in [0, 0.05) is 0 Å². The van der Waals surface area contributed by atoms with Gasteiger partial charge in [-0.2, -0.15) is 0 Å². The minimum atomic E-state index is 1.16. The van der Waals surface area contributed by atoms with Crippen LogP contribution in [0.25, 0.3) is 0 Å². The molecule has 0 saturated carbocycles. The molecule has 0 amide bonds. The SMILES string of the molecule is CCCCCCc1ccc(C)c(CC)c1. The largest absolute Gasteiger partial charge is 0.0654 e. The summed E-state index contributed by atoms with van der Waals surface area (Å²) >= 11 is 0. The Morgan fingerprint density at radius 1 is 1.00 bits per heavy atom. The Kier molecular flexibility index (Phi) is 5.45. The zero-order chi connectivity index (χ0) is 11.1. The summed E-state index contributed by atoms with van der Waals surface area (Å²) in [5.74, 6) is 0. The fourth-order valence-electron chi connectivity index (χ4n) is 2.02. The molecule has 0 radical (unpaired) electrons. The highest BCUT2D eigenvalue weighted by molar-refractivity contribution is 5.31. The summed E-state index contributed by atoms with van der Waals surface area (Å²) < 4.78 is 0. The standard InChI is InChI=1S/C15H24/c1-4-6-7-8-9-14-11-10-13(3)15(5-2)12-14/h10-12H,4-9H2,1-3H3. The maximum Gasteiger partial charge on any atom is -0.0279 e. The van der Waals surface area contributed by atoms with Crippen molar-refractivity contribution in [2.45, 2.75) is 59.3 Å². The van der Waals surface area contributed by atoms with E-state index in [2.05, 4.69) is 39.0 Å². The van der Waals surface area contributed by atoms with Crippen molar-refractivity contribution >= 4 is 0 Å². The Labute approximate surface area is 94.7 Å². The molecule has 0 aliphatic carbocycles. The molecule has 84 valence electrons. The van der Waals surface area contributed by atoms with E-state index in [1.807, 2.05) is 0 Å². The molecule has 0 fully saturated rings. The predicted molar refractivity (Wildman–Crippen MR) is 68.4 cm³/mol. The Balaban J connectivity index is 2.47. The van der Waals surface area contributed by atoms with Crippen LogP contribution in [0.15, 0.2) is 18.2 Å². The highest BCUT2D eigenvalue weighted by Gasteiger charge is 1.98. The maximum atomic E-state index is 2.39. The number of aryl methyl sites for hydroxylation is 3. The van der Waals surface area contributed by atoms with Gasteiger partial charge in [-0.05, 0) is 42.9 Å². The zero-order valence-corrected chi connectivity index (χ0v) is 10.5. The van der Waals surface area contributed by atoms with Crippen molar-refractivity contribution in [2.75, 3.05) is 0 Å². The van der Waals surface area contributed by atoms with Gasteiger partial charge in [-0.15, -0.1) is 0 Å². The van der Waals surface area contributed by atoms with Crippen molar-refractivity contribution in [3.8, 4) is 0 Å². The van der Waals surface area contributed by atoms with E-state index < -0.39 is 0 Å². The Bertz CT molecular complexity index is 286. The third-order valence-electron chi connectivity index (χ3n) is 3.11. The molecule has 0 bridgehead atoms. The van der Waals surface area contributed by atoms with E-state index in [0.717, 1.165) is 6.42 Å². The number of hydrogen-bond acceptors (Lipinski definition) is 0. The van der Waals surface area contributed by atoms with E-state index in [9.17, 15) is 0 Å². The summed E-state index contributed by atoms with van der Waals surface area (Å²) in [5.41, 5.74) is 4.48. The lowest BCUT2D eigenvalue weighted by Gasteiger charge is -2.06. The van der Waals surface area contributed by atoms with Crippen LogP contribution in [0.5, 0.6) is 0 Å². The van der Waals surface area contributed by atoms with Gasteiger partial charge >= 0.3 is 0 Å². The average Bonchev–Trinajstić information content (AvgIpc) is 2.26. The van der Waals surface area contributed by atoms with Crippen LogP contribution in [0.1, 0.15) is 56.2 Å². The Morgan fingerprint density at radius 2 is 1.80 bits per heavy atom. The minimum Gasteiger partial charge on any atom is -0.0654 e. The summed E-state index contributed by atoms with van der Waals surface area (Å²) in [6, 6.07) is 6.95. The van der Waals surface area contributed by atoms with Crippen LogP contribution in [0.4, 0.5) is 0 Å². The molecule has 0 aliphatic heterocycles. The second-order valence-corrected chi connectivity index (χ2v) is 4.43. The lowest BCUT2D eigenvalue weighted by molar-refractivity contribution is 0.666. The van der Waals surface area contributed by atoms with Crippen LogP contribution >= 0.6 is 0 Å². The van der Waals surface area contributed by atoms with Gasteiger partial charge in [0.1, 0.15) is 0 Å². The summed E-state index contributed by atoms with van der Waals surface area (Å²) in [6.07, 6.45) is 7.86. The Hall–Kier alpha value is -0.780. The van der Waals surface area contributed by atoms with Crippen molar-refractivity contribution in [1.82, 2.24) is 0 Å². The fourth-order valence-corrected chi connectivity index (χ4v) is 2.02. The van der Waals surface area contributed by atoms with E-state index in [1.165, 1.54) is 48.8 Å². The minimum absolute atomic E-state index is 1.16. The third-order valence-corrected chi connectivity index (χ3v) is 3.11. The quantitative estimate of drug-likeness (QED) is 0.590. The molecule has 0 aliphatic rings. The van der Waals surface area contributed by atoms with Gasteiger partial charge in [0.05, 0.1) is 0 Å². The molecule has 1 aromatic rings. The van der Waals surface area contributed by atoms with Gasteiger partial charge < -0.3 is 0 Å². The van der Waals surface area contributed by atoms with Crippen molar-refractivity contribution in [1.29, 1.82) is 0 Å². The molecule has 0 aromatic heterocycles. The molecule has 0 unspecified atom stereocenters.